The Bertz CT molecular complexity index is 650. The maximum atomic E-state index is 12.0. The maximum absolute atomic E-state index is 12.0. The van der Waals surface area contributed by atoms with Crippen molar-refractivity contribution in [3.05, 3.63) is 41.0 Å². The predicted molar refractivity (Wildman–Crippen MR) is 88.1 cm³/mol. The Morgan fingerprint density at radius 2 is 2.22 bits per heavy atom. The number of rotatable bonds is 5. The highest BCUT2D eigenvalue weighted by Crippen LogP contribution is 2.22. The average Bonchev–Trinajstić information content (AvgIpc) is 3.03. The summed E-state index contributed by atoms with van der Waals surface area (Å²) in [6.45, 7) is 2.64. The molecule has 7 heteroatoms. The second-order valence-corrected chi connectivity index (χ2v) is 5.89. The Hall–Kier alpha value is -1.89. The molecule has 1 saturated heterocycles. The summed E-state index contributed by atoms with van der Waals surface area (Å²) in [7, 11) is 0. The van der Waals surface area contributed by atoms with Gasteiger partial charge in [0.25, 0.3) is 0 Å². The number of H-pyrrole nitrogens is 1. The fourth-order valence-corrected chi connectivity index (χ4v) is 2.66. The zero-order chi connectivity index (χ0) is 16.1. The minimum atomic E-state index is -0.0520. The summed E-state index contributed by atoms with van der Waals surface area (Å²) < 4.78 is 5.54. The SMILES string of the molecule is O=C(C[C@@H]1CNCCO1)NCc1cn[nH]c1-c1ccc(Cl)cc1. The van der Waals surface area contributed by atoms with Crippen LogP contribution < -0.4 is 10.6 Å². The van der Waals surface area contributed by atoms with E-state index in [1.165, 1.54) is 0 Å². The van der Waals surface area contributed by atoms with E-state index < -0.39 is 0 Å². The molecule has 1 aliphatic rings. The zero-order valence-corrected chi connectivity index (χ0v) is 13.4. The van der Waals surface area contributed by atoms with Crippen LogP contribution in [0.3, 0.4) is 0 Å². The molecule has 0 saturated carbocycles. The standard InChI is InChI=1S/C16H19ClN4O2/c17-13-3-1-11(2-4-13)16-12(9-20-21-16)8-19-15(22)7-14-10-18-5-6-23-14/h1-4,9,14,18H,5-8,10H2,(H,19,22)(H,20,21)/t14-/m1/s1. The summed E-state index contributed by atoms with van der Waals surface area (Å²) >= 11 is 5.91. The Balaban J connectivity index is 1.57. The van der Waals surface area contributed by atoms with E-state index in [0.717, 1.165) is 29.9 Å². The maximum Gasteiger partial charge on any atom is 0.222 e. The summed E-state index contributed by atoms with van der Waals surface area (Å²) in [5.74, 6) is -0.0260. The van der Waals surface area contributed by atoms with Gasteiger partial charge < -0.3 is 15.4 Å². The number of halogens is 1. The van der Waals surface area contributed by atoms with Crippen molar-refractivity contribution in [2.24, 2.45) is 0 Å². The highest BCUT2D eigenvalue weighted by atomic mass is 35.5. The Morgan fingerprint density at radius 3 is 2.96 bits per heavy atom. The van der Waals surface area contributed by atoms with Gasteiger partial charge in [-0.1, -0.05) is 23.7 Å². The van der Waals surface area contributed by atoms with Crippen molar-refractivity contribution in [2.45, 2.75) is 19.1 Å². The number of carbonyl (C=O) groups excluding carboxylic acids is 1. The van der Waals surface area contributed by atoms with Crippen LogP contribution in [0.5, 0.6) is 0 Å². The van der Waals surface area contributed by atoms with Gasteiger partial charge in [0.15, 0.2) is 0 Å². The van der Waals surface area contributed by atoms with Crippen LogP contribution >= 0.6 is 11.6 Å². The number of carbonyl (C=O) groups is 1. The van der Waals surface area contributed by atoms with Crippen LogP contribution in [0.1, 0.15) is 12.0 Å². The molecule has 3 rings (SSSR count). The Labute approximate surface area is 139 Å². The fraction of sp³-hybridized carbons (Fsp3) is 0.375. The molecular weight excluding hydrogens is 316 g/mol. The zero-order valence-electron chi connectivity index (χ0n) is 12.6. The van der Waals surface area contributed by atoms with Crippen molar-refractivity contribution in [2.75, 3.05) is 19.7 Å². The quantitative estimate of drug-likeness (QED) is 0.778. The van der Waals surface area contributed by atoms with Crippen LogP contribution in [0.15, 0.2) is 30.5 Å². The van der Waals surface area contributed by atoms with E-state index in [1.807, 2.05) is 24.3 Å². The average molecular weight is 335 g/mol. The van der Waals surface area contributed by atoms with Crippen molar-refractivity contribution in [3.63, 3.8) is 0 Å². The van der Waals surface area contributed by atoms with Crippen molar-refractivity contribution >= 4 is 17.5 Å². The minimum absolute atomic E-state index is 0.0260. The van der Waals surface area contributed by atoms with E-state index in [2.05, 4.69) is 20.8 Å². The van der Waals surface area contributed by atoms with Gasteiger partial charge in [-0.2, -0.15) is 5.10 Å². The third-order valence-electron chi connectivity index (χ3n) is 3.74. The third kappa shape index (κ3) is 4.31. The molecule has 0 unspecified atom stereocenters. The molecule has 0 spiro atoms. The molecule has 23 heavy (non-hydrogen) atoms. The number of morpholine rings is 1. The Morgan fingerprint density at radius 1 is 1.39 bits per heavy atom. The molecule has 2 aromatic rings. The number of nitrogens with zero attached hydrogens (tertiary/aromatic N) is 1. The van der Waals surface area contributed by atoms with E-state index in [9.17, 15) is 4.79 Å². The summed E-state index contributed by atoms with van der Waals surface area (Å²) in [6, 6.07) is 7.49. The van der Waals surface area contributed by atoms with Crippen LogP contribution in [0.4, 0.5) is 0 Å². The predicted octanol–water partition coefficient (Wildman–Crippen LogP) is 1.72. The highest BCUT2D eigenvalue weighted by molar-refractivity contribution is 6.30. The largest absolute Gasteiger partial charge is 0.375 e. The molecular formula is C16H19ClN4O2. The van der Waals surface area contributed by atoms with Gasteiger partial charge in [-0.05, 0) is 17.7 Å². The van der Waals surface area contributed by atoms with E-state index in [-0.39, 0.29) is 12.0 Å². The van der Waals surface area contributed by atoms with E-state index in [0.29, 0.717) is 24.6 Å². The summed E-state index contributed by atoms with van der Waals surface area (Å²) in [5.41, 5.74) is 2.80. The third-order valence-corrected chi connectivity index (χ3v) is 4.00. The van der Waals surface area contributed by atoms with Crippen molar-refractivity contribution in [3.8, 4) is 11.3 Å². The van der Waals surface area contributed by atoms with Gasteiger partial charge in [-0.3, -0.25) is 9.89 Å². The van der Waals surface area contributed by atoms with Crippen molar-refractivity contribution in [1.82, 2.24) is 20.8 Å². The van der Waals surface area contributed by atoms with Gasteiger partial charge in [0.1, 0.15) is 0 Å². The summed E-state index contributed by atoms with van der Waals surface area (Å²) in [6.07, 6.45) is 2.04. The lowest BCUT2D eigenvalue weighted by molar-refractivity contribution is -0.124. The molecule has 1 atom stereocenters. The topological polar surface area (TPSA) is 79.0 Å². The summed E-state index contributed by atoms with van der Waals surface area (Å²) in [4.78, 5) is 12.0. The van der Waals surface area contributed by atoms with Gasteiger partial charge in [0.2, 0.25) is 5.91 Å². The number of aromatic amines is 1. The van der Waals surface area contributed by atoms with Gasteiger partial charge >= 0.3 is 0 Å². The molecule has 1 fully saturated rings. The number of hydrogen-bond donors (Lipinski definition) is 3. The lowest BCUT2D eigenvalue weighted by Gasteiger charge is -2.23. The molecule has 3 N–H and O–H groups in total. The molecule has 1 aromatic carbocycles. The van der Waals surface area contributed by atoms with Gasteiger partial charge in [0, 0.05) is 30.2 Å². The molecule has 1 aliphatic heterocycles. The number of nitrogens with one attached hydrogen (secondary N) is 3. The first kappa shape index (κ1) is 16.0. The molecule has 122 valence electrons. The first-order valence-electron chi connectivity index (χ1n) is 7.59. The van der Waals surface area contributed by atoms with Crippen LogP contribution in [-0.4, -0.2) is 41.9 Å². The van der Waals surface area contributed by atoms with Gasteiger partial charge in [-0.25, -0.2) is 0 Å². The number of aromatic nitrogens is 2. The number of amides is 1. The monoisotopic (exact) mass is 334 g/mol. The molecule has 0 bridgehead atoms. The lowest BCUT2D eigenvalue weighted by Crippen LogP contribution is -2.41. The first-order chi connectivity index (χ1) is 11.2. The Kier molecular flexibility index (Phi) is 5.27. The molecule has 1 aromatic heterocycles. The molecule has 1 amide bonds. The highest BCUT2D eigenvalue weighted by Gasteiger charge is 2.17. The second kappa shape index (κ2) is 7.59. The molecule has 6 nitrogen and oxygen atoms in total. The first-order valence-corrected chi connectivity index (χ1v) is 7.97. The van der Waals surface area contributed by atoms with Crippen LogP contribution in [-0.2, 0) is 16.1 Å². The lowest BCUT2D eigenvalue weighted by atomic mass is 10.1. The van der Waals surface area contributed by atoms with E-state index in [4.69, 9.17) is 16.3 Å². The number of hydrogen-bond acceptors (Lipinski definition) is 4. The smallest absolute Gasteiger partial charge is 0.222 e. The van der Waals surface area contributed by atoms with Gasteiger partial charge in [0.05, 0.1) is 31.0 Å². The minimum Gasteiger partial charge on any atom is -0.375 e. The number of ether oxygens (including phenoxy) is 1. The van der Waals surface area contributed by atoms with E-state index >= 15 is 0 Å². The fourth-order valence-electron chi connectivity index (χ4n) is 2.54. The normalized spacial score (nSPS) is 17.9. The molecule has 0 aliphatic carbocycles. The van der Waals surface area contributed by atoms with Crippen molar-refractivity contribution < 1.29 is 9.53 Å². The van der Waals surface area contributed by atoms with Crippen LogP contribution in [0.2, 0.25) is 5.02 Å². The van der Waals surface area contributed by atoms with Crippen molar-refractivity contribution in [1.29, 1.82) is 0 Å². The number of benzene rings is 1. The summed E-state index contributed by atoms with van der Waals surface area (Å²) in [5, 5.41) is 13.9. The molecule has 2 heterocycles. The van der Waals surface area contributed by atoms with Crippen LogP contribution in [0.25, 0.3) is 11.3 Å². The van der Waals surface area contributed by atoms with Gasteiger partial charge in [-0.15, -0.1) is 0 Å². The second-order valence-electron chi connectivity index (χ2n) is 5.45. The van der Waals surface area contributed by atoms with Crippen LogP contribution in [0, 0.1) is 0 Å². The molecule has 0 radical (unpaired) electrons. The van der Waals surface area contributed by atoms with E-state index in [1.54, 1.807) is 6.20 Å².